The molecule has 0 unspecified atom stereocenters. The van der Waals surface area contributed by atoms with E-state index in [0.29, 0.717) is 24.4 Å². The molecule has 0 atom stereocenters. The van der Waals surface area contributed by atoms with E-state index in [1.54, 1.807) is 17.9 Å². The maximum atomic E-state index is 11.9. The Labute approximate surface area is 127 Å². The highest BCUT2D eigenvalue weighted by Gasteiger charge is 2.08. The molecule has 0 bridgehead atoms. The van der Waals surface area contributed by atoms with Crippen molar-refractivity contribution in [1.29, 1.82) is 0 Å². The predicted molar refractivity (Wildman–Crippen MR) is 81.1 cm³/mol. The zero-order valence-corrected chi connectivity index (χ0v) is 12.2. The smallest absolute Gasteiger partial charge is 0.254 e. The molecule has 0 aliphatic rings. The van der Waals surface area contributed by atoms with Crippen molar-refractivity contribution in [3.05, 3.63) is 54.1 Å². The Morgan fingerprint density at radius 2 is 2.14 bits per heavy atom. The first-order chi connectivity index (χ1) is 10.7. The first kappa shape index (κ1) is 14.0. The Balaban J connectivity index is 1.54. The van der Waals surface area contributed by atoms with Crippen LogP contribution in [0.15, 0.2) is 42.7 Å². The molecule has 3 rings (SSSR count). The van der Waals surface area contributed by atoms with Gasteiger partial charge in [-0.25, -0.2) is 4.98 Å². The molecule has 0 radical (unpaired) electrons. The second-order valence-electron chi connectivity index (χ2n) is 4.88. The molecule has 7 nitrogen and oxygen atoms in total. The summed E-state index contributed by atoms with van der Waals surface area (Å²) in [4.78, 5) is 16.3. The maximum absolute atomic E-state index is 11.9. The van der Waals surface area contributed by atoms with Crippen LogP contribution in [0.4, 0.5) is 0 Å². The molecular formula is C15H16N6O. The Kier molecular flexibility index (Phi) is 3.95. The largest absolute Gasteiger partial charge is 0.351 e. The van der Waals surface area contributed by atoms with Gasteiger partial charge in [-0.05, 0) is 0 Å². The molecule has 2 heterocycles. The van der Waals surface area contributed by atoms with E-state index >= 15 is 0 Å². The number of carbonyl (C=O) groups is 1. The number of hydrogen-bond acceptors (Lipinski definition) is 4. The highest BCUT2D eigenvalue weighted by molar-refractivity contribution is 5.93. The van der Waals surface area contributed by atoms with Gasteiger partial charge in [0, 0.05) is 31.8 Å². The van der Waals surface area contributed by atoms with Crippen molar-refractivity contribution in [3.8, 4) is 11.4 Å². The van der Waals surface area contributed by atoms with Gasteiger partial charge in [0.1, 0.15) is 5.82 Å². The number of rotatable bonds is 5. The number of aromatic amines is 1. The van der Waals surface area contributed by atoms with Gasteiger partial charge >= 0.3 is 0 Å². The zero-order valence-electron chi connectivity index (χ0n) is 12.2. The van der Waals surface area contributed by atoms with Gasteiger partial charge < -0.3 is 5.32 Å². The quantitative estimate of drug-likeness (QED) is 0.740. The number of nitrogens with zero attached hydrogens (tertiary/aromatic N) is 4. The topological polar surface area (TPSA) is 88.5 Å². The van der Waals surface area contributed by atoms with Crippen molar-refractivity contribution in [2.45, 2.75) is 6.42 Å². The van der Waals surface area contributed by atoms with E-state index in [-0.39, 0.29) is 5.91 Å². The molecule has 0 spiro atoms. The van der Waals surface area contributed by atoms with Crippen molar-refractivity contribution in [2.24, 2.45) is 7.05 Å². The van der Waals surface area contributed by atoms with Crippen LogP contribution in [-0.4, -0.2) is 37.4 Å². The van der Waals surface area contributed by atoms with Crippen molar-refractivity contribution in [3.63, 3.8) is 0 Å². The summed E-state index contributed by atoms with van der Waals surface area (Å²) in [6.07, 6.45) is 3.81. The van der Waals surface area contributed by atoms with Gasteiger partial charge in [0.25, 0.3) is 5.91 Å². The minimum absolute atomic E-state index is 0.143. The zero-order chi connectivity index (χ0) is 15.4. The molecular weight excluding hydrogens is 280 g/mol. The van der Waals surface area contributed by atoms with Crippen LogP contribution in [0, 0.1) is 0 Å². The molecule has 22 heavy (non-hydrogen) atoms. The Morgan fingerprint density at radius 3 is 2.86 bits per heavy atom. The molecule has 0 saturated heterocycles. The molecule has 2 N–H and O–H groups in total. The van der Waals surface area contributed by atoms with E-state index in [0.717, 1.165) is 11.4 Å². The molecule has 0 aliphatic carbocycles. The number of benzene rings is 1. The Morgan fingerprint density at radius 1 is 1.32 bits per heavy atom. The van der Waals surface area contributed by atoms with Crippen LogP contribution in [-0.2, 0) is 13.5 Å². The van der Waals surface area contributed by atoms with Crippen LogP contribution in [0.3, 0.4) is 0 Å². The molecule has 1 amide bonds. The molecule has 2 aromatic heterocycles. The lowest BCUT2D eigenvalue weighted by Crippen LogP contribution is -2.25. The number of nitrogens with one attached hydrogen (secondary N) is 2. The fourth-order valence-electron chi connectivity index (χ4n) is 2.06. The summed E-state index contributed by atoms with van der Waals surface area (Å²) in [5, 5.41) is 13.9. The number of amides is 1. The lowest BCUT2D eigenvalue weighted by atomic mass is 10.2. The summed E-state index contributed by atoms with van der Waals surface area (Å²) in [5.74, 6) is 1.26. The molecule has 0 fully saturated rings. The van der Waals surface area contributed by atoms with Gasteiger partial charge in [0.15, 0.2) is 5.82 Å². The molecule has 7 heteroatoms. The minimum Gasteiger partial charge on any atom is -0.351 e. The molecule has 0 aliphatic heterocycles. The van der Waals surface area contributed by atoms with E-state index in [1.807, 2.05) is 30.3 Å². The van der Waals surface area contributed by atoms with Crippen molar-refractivity contribution in [1.82, 2.24) is 30.3 Å². The van der Waals surface area contributed by atoms with Gasteiger partial charge in [0.2, 0.25) is 0 Å². The molecule has 1 aromatic carbocycles. The number of hydrogen-bond donors (Lipinski definition) is 2. The average Bonchev–Trinajstić information content (AvgIpc) is 3.17. The summed E-state index contributed by atoms with van der Waals surface area (Å²) >= 11 is 0. The Hall–Kier alpha value is -2.96. The van der Waals surface area contributed by atoms with Gasteiger partial charge in [-0.15, -0.1) is 0 Å². The minimum atomic E-state index is -0.143. The van der Waals surface area contributed by atoms with E-state index in [4.69, 9.17) is 0 Å². The van der Waals surface area contributed by atoms with Crippen molar-refractivity contribution in [2.75, 3.05) is 6.54 Å². The molecule has 0 saturated carbocycles. The second-order valence-corrected chi connectivity index (χ2v) is 4.88. The monoisotopic (exact) mass is 296 g/mol. The van der Waals surface area contributed by atoms with Crippen molar-refractivity contribution < 1.29 is 4.79 Å². The van der Waals surface area contributed by atoms with E-state index in [1.165, 1.54) is 6.20 Å². The van der Waals surface area contributed by atoms with E-state index < -0.39 is 0 Å². The van der Waals surface area contributed by atoms with Crippen LogP contribution < -0.4 is 5.32 Å². The normalized spacial score (nSPS) is 10.6. The van der Waals surface area contributed by atoms with E-state index in [2.05, 4.69) is 25.6 Å². The van der Waals surface area contributed by atoms with Gasteiger partial charge in [-0.2, -0.15) is 10.2 Å². The fourth-order valence-corrected chi connectivity index (χ4v) is 2.06. The third-order valence-corrected chi connectivity index (χ3v) is 3.18. The van der Waals surface area contributed by atoms with Gasteiger partial charge in [-0.1, -0.05) is 30.3 Å². The SMILES string of the molecule is Cn1cc(C(=O)NCCc2nc(-c3ccccc3)n[nH]2)cn1. The number of aryl methyl sites for hydroxylation is 1. The fraction of sp³-hybridized carbons (Fsp3) is 0.200. The number of carbonyl (C=O) groups excluding carboxylic acids is 1. The summed E-state index contributed by atoms with van der Waals surface area (Å²) in [6.45, 7) is 0.483. The standard InChI is InChI=1S/C15H16N6O/c1-21-10-12(9-17-21)15(22)16-8-7-13-18-14(20-19-13)11-5-3-2-4-6-11/h2-6,9-10H,7-8H2,1H3,(H,16,22)(H,18,19,20). The van der Waals surface area contributed by atoms with E-state index in [9.17, 15) is 4.79 Å². The maximum Gasteiger partial charge on any atom is 0.254 e. The summed E-state index contributed by atoms with van der Waals surface area (Å²) < 4.78 is 1.59. The first-order valence-corrected chi connectivity index (χ1v) is 6.96. The average molecular weight is 296 g/mol. The van der Waals surface area contributed by atoms with Gasteiger partial charge in [-0.3, -0.25) is 14.6 Å². The summed E-state index contributed by atoms with van der Waals surface area (Å²) in [5.41, 5.74) is 1.51. The van der Waals surface area contributed by atoms with Crippen LogP contribution in [0.1, 0.15) is 16.2 Å². The summed E-state index contributed by atoms with van der Waals surface area (Å²) in [6, 6.07) is 9.75. The van der Waals surface area contributed by atoms with Crippen LogP contribution in [0.2, 0.25) is 0 Å². The number of aromatic nitrogens is 5. The molecule has 112 valence electrons. The predicted octanol–water partition coefficient (Wildman–Crippen LogP) is 1.18. The second kappa shape index (κ2) is 6.21. The third-order valence-electron chi connectivity index (χ3n) is 3.18. The summed E-state index contributed by atoms with van der Waals surface area (Å²) in [7, 11) is 1.77. The Bertz CT molecular complexity index is 761. The highest BCUT2D eigenvalue weighted by atomic mass is 16.1. The third kappa shape index (κ3) is 3.20. The van der Waals surface area contributed by atoms with Crippen LogP contribution in [0.25, 0.3) is 11.4 Å². The lowest BCUT2D eigenvalue weighted by molar-refractivity contribution is 0.0954. The molecule has 3 aromatic rings. The first-order valence-electron chi connectivity index (χ1n) is 6.96. The lowest BCUT2D eigenvalue weighted by Gasteiger charge is -2.00. The number of H-pyrrole nitrogens is 1. The van der Waals surface area contributed by atoms with Crippen molar-refractivity contribution >= 4 is 5.91 Å². The van der Waals surface area contributed by atoms with Crippen LogP contribution in [0.5, 0.6) is 0 Å². The highest BCUT2D eigenvalue weighted by Crippen LogP contribution is 2.13. The van der Waals surface area contributed by atoms with Gasteiger partial charge in [0.05, 0.1) is 11.8 Å². The van der Waals surface area contributed by atoms with Crippen LogP contribution >= 0.6 is 0 Å².